The fourth-order valence-electron chi connectivity index (χ4n) is 3.69. The summed E-state index contributed by atoms with van der Waals surface area (Å²) in [6.07, 6.45) is -1.77. The lowest BCUT2D eigenvalue weighted by molar-refractivity contribution is -0.169. The summed E-state index contributed by atoms with van der Waals surface area (Å²) in [5, 5.41) is 0. The Hall–Kier alpha value is -1.80. The maximum atomic E-state index is 13.2. The Labute approximate surface area is 183 Å². The highest BCUT2D eigenvalue weighted by molar-refractivity contribution is 9.10. The van der Waals surface area contributed by atoms with Crippen LogP contribution in [0.25, 0.3) is 5.70 Å². The van der Waals surface area contributed by atoms with E-state index in [1.165, 1.54) is 18.2 Å². The van der Waals surface area contributed by atoms with Crippen LogP contribution in [0.3, 0.4) is 0 Å². The number of benzene rings is 2. The normalized spacial score (nSPS) is 15.6. The van der Waals surface area contributed by atoms with E-state index >= 15 is 0 Å². The first-order valence-electron chi connectivity index (χ1n) is 9.53. The molecule has 0 fully saturated rings. The van der Waals surface area contributed by atoms with Crippen LogP contribution in [0.1, 0.15) is 30.0 Å². The Kier molecular flexibility index (Phi) is 6.39. The molecule has 3 rings (SSSR count). The van der Waals surface area contributed by atoms with Gasteiger partial charge in [-0.3, -0.25) is 0 Å². The number of rotatable bonds is 5. The van der Waals surface area contributed by atoms with Crippen LogP contribution in [0.2, 0.25) is 0 Å². The molecule has 2 aromatic carbocycles. The molecule has 0 saturated carbocycles. The maximum absolute atomic E-state index is 13.2. The number of sulfone groups is 1. The molecule has 8 heteroatoms. The Morgan fingerprint density at radius 2 is 1.97 bits per heavy atom. The third-order valence-corrected chi connectivity index (χ3v) is 7.28. The first-order chi connectivity index (χ1) is 13.9. The van der Waals surface area contributed by atoms with Crippen molar-refractivity contribution >= 4 is 37.2 Å². The minimum Gasteiger partial charge on any atom is -0.341 e. The summed E-state index contributed by atoms with van der Waals surface area (Å²) in [4.78, 5) is 2.03. The molecular weight excluding hydrogens is 479 g/mol. The molecule has 1 aliphatic heterocycles. The molecule has 0 bridgehead atoms. The highest BCUT2D eigenvalue weighted by Crippen LogP contribution is 2.39. The minimum atomic E-state index is -4.34. The van der Waals surface area contributed by atoms with Gasteiger partial charge in [-0.05, 0) is 54.7 Å². The summed E-state index contributed by atoms with van der Waals surface area (Å²) in [7, 11) is -3.52. The summed E-state index contributed by atoms with van der Waals surface area (Å²) in [5.74, 6) is -1.56. The van der Waals surface area contributed by atoms with Crippen LogP contribution in [0.15, 0.2) is 52.3 Å². The highest BCUT2D eigenvalue weighted by Gasteiger charge is 2.36. The van der Waals surface area contributed by atoms with Gasteiger partial charge in [0.15, 0.2) is 9.84 Å². The van der Waals surface area contributed by atoms with Gasteiger partial charge in [-0.15, -0.1) is 0 Å². The zero-order valence-corrected chi connectivity index (χ0v) is 19.2. The van der Waals surface area contributed by atoms with Gasteiger partial charge in [0.2, 0.25) is 0 Å². The van der Waals surface area contributed by atoms with Crippen LogP contribution in [0.5, 0.6) is 0 Å². The van der Waals surface area contributed by atoms with E-state index in [2.05, 4.69) is 22.5 Å². The lowest BCUT2D eigenvalue weighted by Gasteiger charge is -2.34. The highest BCUT2D eigenvalue weighted by atomic mass is 79.9. The number of hydrogen-bond acceptors (Lipinski definition) is 3. The SMILES string of the molecule is C=C(c1cc(S(C)(=O)=O)ccc1CC(C)C(F)(F)F)N1CCCc2c(Br)cccc21. The van der Waals surface area contributed by atoms with Crippen LogP contribution >= 0.6 is 15.9 Å². The molecule has 162 valence electrons. The minimum absolute atomic E-state index is 0.0635. The van der Waals surface area contributed by atoms with Crippen molar-refractivity contribution in [3.05, 3.63) is 64.1 Å². The molecular formula is C22H23BrF3NO2S. The molecule has 1 heterocycles. The van der Waals surface area contributed by atoms with Crippen LogP contribution in [-0.2, 0) is 22.7 Å². The molecule has 1 unspecified atom stereocenters. The number of alkyl halides is 3. The van der Waals surface area contributed by atoms with E-state index < -0.39 is 21.9 Å². The summed E-state index contributed by atoms with van der Waals surface area (Å²) in [6, 6.07) is 10.1. The number of nitrogens with zero attached hydrogens (tertiary/aromatic N) is 1. The predicted octanol–water partition coefficient (Wildman–Crippen LogP) is 6.02. The van der Waals surface area contributed by atoms with Gasteiger partial charge in [-0.2, -0.15) is 13.2 Å². The topological polar surface area (TPSA) is 37.4 Å². The molecule has 1 aliphatic rings. The summed E-state index contributed by atoms with van der Waals surface area (Å²) in [6.45, 7) is 5.95. The van der Waals surface area contributed by atoms with E-state index in [4.69, 9.17) is 0 Å². The summed E-state index contributed by atoms with van der Waals surface area (Å²) in [5.41, 5.74) is 3.40. The quantitative estimate of drug-likeness (QED) is 0.502. The molecule has 0 amide bonds. The Morgan fingerprint density at radius 3 is 2.60 bits per heavy atom. The van der Waals surface area contributed by atoms with Gasteiger partial charge >= 0.3 is 6.18 Å². The van der Waals surface area contributed by atoms with E-state index in [0.29, 0.717) is 23.4 Å². The van der Waals surface area contributed by atoms with E-state index in [0.717, 1.165) is 41.7 Å². The van der Waals surface area contributed by atoms with E-state index in [9.17, 15) is 21.6 Å². The molecule has 30 heavy (non-hydrogen) atoms. The molecule has 0 radical (unpaired) electrons. The summed E-state index contributed by atoms with van der Waals surface area (Å²) >= 11 is 3.56. The van der Waals surface area contributed by atoms with E-state index in [-0.39, 0.29) is 11.3 Å². The van der Waals surface area contributed by atoms with Gasteiger partial charge in [-0.1, -0.05) is 41.6 Å². The van der Waals surface area contributed by atoms with Crippen molar-refractivity contribution < 1.29 is 21.6 Å². The molecule has 0 aromatic heterocycles. The third kappa shape index (κ3) is 4.75. The van der Waals surface area contributed by atoms with Gasteiger partial charge in [0.1, 0.15) is 0 Å². The molecule has 0 N–H and O–H groups in total. The smallest absolute Gasteiger partial charge is 0.341 e. The second-order valence-corrected chi connectivity index (χ2v) is 10.5. The Morgan fingerprint density at radius 1 is 1.27 bits per heavy atom. The number of hydrogen-bond donors (Lipinski definition) is 0. The molecule has 0 aliphatic carbocycles. The van der Waals surface area contributed by atoms with Gasteiger partial charge in [0.25, 0.3) is 0 Å². The van der Waals surface area contributed by atoms with Crippen molar-refractivity contribution in [2.75, 3.05) is 17.7 Å². The van der Waals surface area contributed by atoms with Crippen LogP contribution in [-0.4, -0.2) is 27.4 Å². The first kappa shape index (κ1) is 22.9. The van der Waals surface area contributed by atoms with Crippen molar-refractivity contribution in [1.29, 1.82) is 0 Å². The number of fused-ring (bicyclic) bond motifs is 1. The van der Waals surface area contributed by atoms with Crippen LogP contribution in [0.4, 0.5) is 18.9 Å². The fraction of sp³-hybridized carbons (Fsp3) is 0.364. The Bertz CT molecular complexity index is 1080. The zero-order valence-electron chi connectivity index (χ0n) is 16.8. The van der Waals surface area contributed by atoms with Crippen molar-refractivity contribution in [3.63, 3.8) is 0 Å². The lowest BCUT2D eigenvalue weighted by Crippen LogP contribution is -2.29. The fourth-order valence-corrected chi connectivity index (χ4v) is 4.89. The monoisotopic (exact) mass is 501 g/mol. The van der Waals surface area contributed by atoms with Gasteiger partial charge < -0.3 is 4.90 Å². The zero-order chi connectivity index (χ0) is 22.3. The number of anilines is 1. The van der Waals surface area contributed by atoms with Crippen LogP contribution < -0.4 is 4.90 Å². The third-order valence-electron chi connectivity index (χ3n) is 5.42. The van der Waals surface area contributed by atoms with Crippen molar-refractivity contribution in [2.45, 2.75) is 37.3 Å². The van der Waals surface area contributed by atoms with E-state index in [1.807, 2.05) is 23.1 Å². The van der Waals surface area contributed by atoms with Gasteiger partial charge in [0.05, 0.1) is 10.8 Å². The van der Waals surface area contributed by atoms with Crippen molar-refractivity contribution in [1.82, 2.24) is 0 Å². The van der Waals surface area contributed by atoms with Gasteiger partial charge in [-0.25, -0.2) is 8.42 Å². The molecule has 2 aromatic rings. The maximum Gasteiger partial charge on any atom is 0.391 e. The molecule has 0 spiro atoms. The molecule has 0 saturated heterocycles. The van der Waals surface area contributed by atoms with E-state index in [1.54, 1.807) is 0 Å². The predicted molar refractivity (Wildman–Crippen MR) is 117 cm³/mol. The largest absolute Gasteiger partial charge is 0.391 e. The number of halogens is 4. The first-order valence-corrected chi connectivity index (χ1v) is 12.2. The van der Waals surface area contributed by atoms with Gasteiger partial charge in [0, 0.05) is 34.2 Å². The molecule has 3 nitrogen and oxygen atoms in total. The van der Waals surface area contributed by atoms with Crippen molar-refractivity contribution in [3.8, 4) is 0 Å². The Balaban J connectivity index is 2.09. The summed E-state index contributed by atoms with van der Waals surface area (Å²) < 4.78 is 64.7. The second-order valence-electron chi connectivity index (χ2n) is 7.68. The standard InChI is InChI=1S/C22H23BrF3NO2S/c1-14(22(24,25)26)12-16-9-10-17(30(3,28)29)13-19(16)15(2)27-11-5-6-18-20(23)7-4-8-21(18)27/h4,7-10,13-14H,2,5-6,11-12H2,1,3H3. The lowest BCUT2D eigenvalue weighted by atomic mass is 9.93. The van der Waals surface area contributed by atoms with Crippen LogP contribution in [0, 0.1) is 5.92 Å². The van der Waals surface area contributed by atoms with Crippen molar-refractivity contribution in [2.24, 2.45) is 5.92 Å². The second kappa shape index (κ2) is 8.38. The molecule has 1 atom stereocenters. The average molecular weight is 502 g/mol. The average Bonchev–Trinajstić information content (AvgIpc) is 2.66.